The second-order valence-electron chi connectivity index (χ2n) is 7.45. The lowest BCUT2D eigenvalue weighted by Crippen LogP contribution is -2.42. The van der Waals surface area contributed by atoms with Crippen LogP contribution < -0.4 is 5.32 Å². The predicted octanol–water partition coefficient (Wildman–Crippen LogP) is 2.16. The largest absolute Gasteiger partial charge is 0.325 e. The van der Waals surface area contributed by atoms with E-state index in [-0.39, 0.29) is 10.8 Å². The van der Waals surface area contributed by atoms with Crippen LogP contribution in [0.2, 0.25) is 0 Å². The minimum absolute atomic E-state index is 0.108. The Balaban J connectivity index is 2.10. The van der Waals surface area contributed by atoms with Gasteiger partial charge in [0.15, 0.2) is 0 Å². The highest BCUT2D eigenvalue weighted by atomic mass is 32.2. The lowest BCUT2D eigenvalue weighted by Gasteiger charge is -2.34. The highest BCUT2D eigenvalue weighted by Crippen LogP contribution is 2.23. The molecule has 1 aromatic rings. The van der Waals surface area contributed by atoms with Gasteiger partial charge in [0.2, 0.25) is 15.9 Å². The van der Waals surface area contributed by atoms with Crippen LogP contribution in [-0.4, -0.2) is 57.3 Å². The summed E-state index contributed by atoms with van der Waals surface area (Å²) in [6.07, 6.45) is 1.20. The first kappa shape index (κ1) is 19.9. The Hall–Kier alpha value is -1.44. The van der Waals surface area contributed by atoms with E-state index < -0.39 is 10.0 Å². The maximum atomic E-state index is 12.4. The summed E-state index contributed by atoms with van der Waals surface area (Å²) in [4.78, 5) is 14.8. The van der Waals surface area contributed by atoms with E-state index in [1.165, 1.54) is 30.9 Å². The van der Waals surface area contributed by atoms with E-state index in [4.69, 9.17) is 0 Å². The number of hydrogen-bond acceptors (Lipinski definition) is 4. The summed E-state index contributed by atoms with van der Waals surface area (Å²) in [5, 5.41) is 2.88. The molecular formula is C18H29N3O3S. The zero-order valence-electron chi connectivity index (χ0n) is 15.7. The van der Waals surface area contributed by atoms with Gasteiger partial charge in [0.25, 0.3) is 0 Å². The number of carbonyl (C=O) groups excluding carboxylic acids is 1. The normalized spacial score (nSPS) is 22.2. The quantitative estimate of drug-likeness (QED) is 0.866. The molecule has 0 aliphatic carbocycles. The van der Waals surface area contributed by atoms with Crippen molar-refractivity contribution in [3.05, 3.63) is 23.8 Å². The molecule has 0 radical (unpaired) electrons. The molecule has 1 amide bonds. The first-order valence-corrected chi connectivity index (χ1v) is 10.1. The number of piperidine rings is 1. The van der Waals surface area contributed by atoms with Gasteiger partial charge in [-0.2, -0.15) is 0 Å². The number of nitrogens with one attached hydrogen (secondary N) is 1. The molecule has 6 nitrogen and oxygen atoms in total. The fraction of sp³-hybridized carbons (Fsp3) is 0.611. The minimum atomic E-state index is -3.52. The molecule has 1 saturated heterocycles. The van der Waals surface area contributed by atoms with E-state index in [9.17, 15) is 13.2 Å². The summed E-state index contributed by atoms with van der Waals surface area (Å²) in [7, 11) is -0.538. The average Bonchev–Trinajstić information content (AvgIpc) is 2.47. The lowest BCUT2D eigenvalue weighted by atomic mass is 9.92. The van der Waals surface area contributed by atoms with Crippen molar-refractivity contribution in [2.45, 2.75) is 32.1 Å². The number of hydrogen-bond donors (Lipinski definition) is 1. The third-order valence-electron chi connectivity index (χ3n) is 4.57. The van der Waals surface area contributed by atoms with Gasteiger partial charge >= 0.3 is 0 Å². The second-order valence-corrected chi connectivity index (χ2v) is 9.60. The summed E-state index contributed by atoms with van der Waals surface area (Å²) in [6, 6.07) is 4.81. The van der Waals surface area contributed by atoms with Gasteiger partial charge in [0, 0.05) is 32.9 Å². The molecule has 1 fully saturated rings. The minimum Gasteiger partial charge on any atom is -0.325 e. The number of rotatable bonds is 5. The maximum Gasteiger partial charge on any atom is 0.242 e. The highest BCUT2D eigenvalue weighted by Gasteiger charge is 2.24. The van der Waals surface area contributed by atoms with E-state index in [2.05, 4.69) is 24.1 Å². The van der Waals surface area contributed by atoms with Gasteiger partial charge in [0.1, 0.15) is 0 Å². The van der Waals surface area contributed by atoms with Crippen molar-refractivity contribution in [2.24, 2.45) is 11.8 Å². The zero-order valence-corrected chi connectivity index (χ0v) is 16.6. The molecule has 1 heterocycles. The number of sulfonamides is 1. The summed E-state index contributed by atoms with van der Waals surface area (Å²) in [5.41, 5.74) is 1.39. The van der Waals surface area contributed by atoms with Gasteiger partial charge in [-0.1, -0.05) is 19.9 Å². The van der Waals surface area contributed by atoms with Crippen molar-refractivity contribution in [3.8, 4) is 0 Å². The predicted molar refractivity (Wildman–Crippen MR) is 100 cm³/mol. The summed E-state index contributed by atoms with van der Waals surface area (Å²) < 4.78 is 25.7. The van der Waals surface area contributed by atoms with Crippen LogP contribution in [0.1, 0.15) is 25.8 Å². The molecule has 25 heavy (non-hydrogen) atoms. The van der Waals surface area contributed by atoms with Gasteiger partial charge in [-0.05, 0) is 42.9 Å². The smallest absolute Gasteiger partial charge is 0.242 e. The van der Waals surface area contributed by atoms with Crippen molar-refractivity contribution >= 4 is 21.6 Å². The Labute approximate surface area is 151 Å². The molecule has 0 spiro atoms. The van der Waals surface area contributed by atoms with Crippen LogP contribution in [0.25, 0.3) is 0 Å². The third kappa shape index (κ3) is 5.03. The summed E-state index contributed by atoms with van der Waals surface area (Å²) >= 11 is 0. The van der Waals surface area contributed by atoms with Crippen molar-refractivity contribution < 1.29 is 13.2 Å². The van der Waals surface area contributed by atoms with Crippen LogP contribution >= 0.6 is 0 Å². The lowest BCUT2D eigenvalue weighted by molar-refractivity contribution is -0.117. The molecule has 1 aliphatic heterocycles. The Morgan fingerprint density at radius 2 is 1.84 bits per heavy atom. The maximum absolute atomic E-state index is 12.4. The Bertz CT molecular complexity index is 721. The van der Waals surface area contributed by atoms with Gasteiger partial charge in [-0.25, -0.2) is 12.7 Å². The average molecular weight is 368 g/mol. The number of aryl methyl sites for hydroxylation is 1. The molecule has 0 unspecified atom stereocenters. The molecule has 0 saturated carbocycles. The van der Waals surface area contributed by atoms with Crippen LogP contribution in [0, 0.1) is 18.8 Å². The van der Waals surface area contributed by atoms with Crippen molar-refractivity contribution in [2.75, 3.05) is 39.0 Å². The SMILES string of the molecule is Cc1ccc(S(=O)(=O)N(C)C)cc1NC(=O)CN1C[C@@H](C)C[C@H](C)C1. The molecule has 0 bridgehead atoms. The molecule has 140 valence electrons. The Kier molecular flexibility index (Phi) is 6.24. The van der Waals surface area contributed by atoms with Crippen molar-refractivity contribution in [1.82, 2.24) is 9.21 Å². The van der Waals surface area contributed by atoms with Crippen LogP contribution in [0.5, 0.6) is 0 Å². The van der Waals surface area contributed by atoms with E-state index in [0.29, 0.717) is 24.1 Å². The number of benzene rings is 1. The number of likely N-dealkylation sites (tertiary alicyclic amines) is 1. The van der Waals surface area contributed by atoms with Crippen molar-refractivity contribution in [3.63, 3.8) is 0 Å². The van der Waals surface area contributed by atoms with Crippen LogP contribution in [0.15, 0.2) is 23.1 Å². The second kappa shape index (κ2) is 7.85. The molecule has 1 aliphatic rings. The van der Waals surface area contributed by atoms with Crippen molar-refractivity contribution in [1.29, 1.82) is 0 Å². The fourth-order valence-electron chi connectivity index (χ4n) is 3.42. The van der Waals surface area contributed by atoms with Gasteiger partial charge < -0.3 is 5.32 Å². The Morgan fingerprint density at radius 3 is 2.40 bits per heavy atom. The van der Waals surface area contributed by atoms with Crippen LogP contribution in [0.4, 0.5) is 5.69 Å². The van der Waals surface area contributed by atoms with E-state index in [0.717, 1.165) is 18.7 Å². The monoisotopic (exact) mass is 367 g/mol. The topological polar surface area (TPSA) is 69.7 Å². The van der Waals surface area contributed by atoms with Gasteiger partial charge in [-0.15, -0.1) is 0 Å². The third-order valence-corrected chi connectivity index (χ3v) is 6.38. The van der Waals surface area contributed by atoms with Gasteiger partial charge in [-0.3, -0.25) is 9.69 Å². The van der Waals surface area contributed by atoms with E-state index in [1.54, 1.807) is 12.1 Å². The number of nitrogens with zero attached hydrogens (tertiary/aromatic N) is 2. The number of anilines is 1. The standard InChI is InChI=1S/C18H29N3O3S/c1-13-8-14(2)11-21(10-13)12-18(22)19-17-9-16(7-6-15(17)3)25(23,24)20(4)5/h6-7,9,13-14H,8,10-12H2,1-5H3,(H,19,22)/t13-,14-/m0/s1. The summed E-state index contributed by atoms with van der Waals surface area (Å²) in [6.45, 7) is 8.45. The number of carbonyl (C=O) groups is 1. The first-order valence-electron chi connectivity index (χ1n) is 8.65. The Morgan fingerprint density at radius 1 is 1.24 bits per heavy atom. The highest BCUT2D eigenvalue weighted by molar-refractivity contribution is 7.89. The summed E-state index contributed by atoms with van der Waals surface area (Å²) in [5.74, 6) is 1.07. The molecule has 2 rings (SSSR count). The number of amides is 1. The first-order chi connectivity index (χ1) is 11.6. The van der Waals surface area contributed by atoms with E-state index in [1.807, 2.05) is 6.92 Å². The molecule has 1 aromatic carbocycles. The van der Waals surface area contributed by atoms with Crippen LogP contribution in [0.3, 0.4) is 0 Å². The fourth-order valence-corrected chi connectivity index (χ4v) is 4.35. The molecular weight excluding hydrogens is 338 g/mol. The molecule has 1 N–H and O–H groups in total. The molecule has 0 aromatic heterocycles. The van der Waals surface area contributed by atoms with Gasteiger partial charge in [0.05, 0.1) is 11.4 Å². The van der Waals surface area contributed by atoms with Crippen LogP contribution in [-0.2, 0) is 14.8 Å². The molecule has 7 heteroatoms. The van der Waals surface area contributed by atoms with E-state index >= 15 is 0 Å². The molecule has 2 atom stereocenters. The zero-order chi connectivity index (χ0) is 18.8.